The molecule has 1 atom stereocenters. The van der Waals surface area contributed by atoms with E-state index in [4.69, 9.17) is 21.8 Å². The Kier molecular flexibility index (Phi) is 8.29. The fourth-order valence-electron chi connectivity index (χ4n) is 3.68. The molecule has 1 fully saturated rings. The van der Waals surface area contributed by atoms with Crippen LogP contribution in [-0.4, -0.2) is 80.1 Å². The van der Waals surface area contributed by atoms with Crippen LogP contribution in [0.4, 0.5) is 0 Å². The number of benzene rings is 2. The molecule has 0 radical (unpaired) electrons. The number of aliphatic carboxylic acids is 2. The van der Waals surface area contributed by atoms with E-state index in [0.29, 0.717) is 33.2 Å². The van der Waals surface area contributed by atoms with Crippen molar-refractivity contribution < 1.29 is 19.8 Å². The van der Waals surface area contributed by atoms with E-state index in [9.17, 15) is 9.59 Å². The van der Waals surface area contributed by atoms with Gasteiger partial charge in [0.2, 0.25) is 0 Å². The zero-order chi connectivity index (χ0) is 22.4. The molecule has 2 aromatic rings. The Hall–Kier alpha value is -2.15. The van der Waals surface area contributed by atoms with Gasteiger partial charge in [0, 0.05) is 12.2 Å². The molecule has 4 rings (SSSR count). The third-order valence-electron chi connectivity index (χ3n) is 5.28. The number of carbonyl (C=O) groups is 2. The summed E-state index contributed by atoms with van der Waals surface area (Å²) in [6.45, 7) is 4.59. The summed E-state index contributed by atoms with van der Waals surface area (Å²) in [4.78, 5) is 24.2. The number of nitrogens with zero attached hydrogens (tertiary/aromatic N) is 2. The monoisotopic (exact) mass is 508 g/mol. The topological polar surface area (TPSA) is 81.1 Å². The molecule has 164 valence electrons. The average Bonchev–Trinajstić information content (AvgIpc) is 2.90. The molecule has 0 amide bonds. The predicted octanol–water partition coefficient (Wildman–Crippen LogP) is 1.55. The van der Waals surface area contributed by atoms with Crippen molar-refractivity contribution in [3.8, 4) is 0 Å². The first-order chi connectivity index (χ1) is 14.8. The zero-order valence-electron chi connectivity index (χ0n) is 17.2. The van der Waals surface area contributed by atoms with Gasteiger partial charge >= 0.3 is 162 Å². The van der Waals surface area contributed by atoms with Crippen LogP contribution in [0.3, 0.4) is 0 Å². The van der Waals surface area contributed by atoms with Gasteiger partial charge in [0.25, 0.3) is 0 Å². The Labute approximate surface area is 193 Å². The van der Waals surface area contributed by atoms with Gasteiger partial charge < -0.3 is 10.2 Å². The second kappa shape index (κ2) is 10.9. The Morgan fingerprint density at radius 3 is 2.29 bits per heavy atom. The van der Waals surface area contributed by atoms with E-state index in [2.05, 4.69) is 59.3 Å². The summed E-state index contributed by atoms with van der Waals surface area (Å²) >= 11 is 6.72. The first-order valence-electron chi connectivity index (χ1n) is 9.95. The predicted molar refractivity (Wildman–Crippen MR) is 123 cm³/mol. The number of hydrogen-bond donors (Lipinski definition) is 2. The van der Waals surface area contributed by atoms with Crippen molar-refractivity contribution in [3.05, 3.63) is 70.8 Å². The van der Waals surface area contributed by atoms with Gasteiger partial charge in [-0.1, -0.05) is 0 Å². The molecule has 0 spiro atoms. The number of hydrogen-bond acceptors (Lipinski definition) is 4. The smallest absolute Gasteiger partial charge is 0.328 e. The SMILES string of the molecule is CN1CCN(C2Cc3ccccc3[Se]c3ccc(Cl)cc32)CC1.O=C(O)/C=C\C(=O)O. The van der Waals surface area contributed by atoms with Gasteiger partial charge in [-0.05, 0) is 0 Å². The summed E-state index contributed by atoms with van der Waals surface area (Å²) in [7, 11) is 2.22. The molecule has 31 heavy (non-hydrogen) atoms. The van der Waals surface area contributed by atoms with Gasteiger partial charge in [0.15, 0.2) is 0 Å². The first-order valence-corrected chi connectivity index (χ1v) is 12.0. The van der Waals surface area contributed by atoms with Crippen molar-refractivity contribution in [2.45, 2.75) is 12.5 Å². The van der Waals surface area contributed by atoms with E-state index in [-0.39, 0.29) is 0 Å². The van der Waals surface area contributed by atoms with Crippen LogP contribution in [0.25, 0.3) is 0 Å². The number of carboxylic acid groups (broad SMARTS) is 2. The number of fused-ring (bicyclic) bond motifs is 2. The second-order valence-corrected chi connectivity index (χ2v) is 10.2. The Morgan fingerprint density at radius 1 is 1.00 bits per heavy atom. The van der Waals surface area contributed by atoms with Gasteiger partial charge in [-0.15, -0.1) is 0 Å². The van der Waals surface area contributed by atoms with Crippen molar-refractivity contribution in [1.29, 1.82) is 0 Å². The van der Waals surface area contributed by atoms with Crippen LogP contribution in [0.5, 0.6) is 0 Å². The minimum absolute atomic E-state index is 0.373. The fourth-order valence-corrected chi connectivity index (χ4v) is 6.20. The van der Waals surface area contributed by atoms with Gasteiger partial charge in [-0.25, -0.2) is 9.59 Å². The Bertz CT molecular complexity index is 958. The standard InChI is InChI=1S/C19H21ClN2Se.C4H4O4/c1-21-8-10-22(11-9-21)17-12-14-4-2-3-5-18(14)23-19-7-6-15(20)13-16(17)19;5-3(6)1-2-4(7)8/h2-7,13,17H,8-12H2,1H3;1-2H,(H,5,6)(H,7,8)/b;2-1-. The summed E-state index contributed by atoms with van der Waals surface area (Å²) in [5.74, 6) is -2.51. The molecule has 0 aromatic heterocycles. The van der Waals surface area contributed by atoms with Crippen LogP contribution >= 0.6 is 11.6 Å². The van der Waals surface area contributed by atoms with Crippen LogP contribution < -0.4 is 8.92 Å². The molecule has 2 aromatic carbocycles. The molecule has 0 saturated carbocycles. The maximum Gasteiger partial charge on any atom is 0.328 e. The van der Waals surface area contributed by atoms with E-state index >= 15 is 0 Å². The van der Waals surface area contributed by atoms with E-state index in [1.165, 1.54) is 20.1 Å². The largest absolute Gasteiger partial charge is 0.478 e. The van der Waals surface area contributed by atoms with E-state index in [1.54, 1.807) is 0 Å². The third-order valence-corrected chi connectivity index (χ3v) is 8.06. The molecule has 6 nitrogen and oxygen atoms in total. The van der Waals surface area contributed by atoms with E-state index in [1.807, 2.05) is 0 Å². The molecular weight excluding hydrogens is 483 g/mol. The molecule has 2 aliphatic rings. The van der Waals surface area contributed by atoms with E-state index < -0.39 is 11.9 Å². The number of likely N-dealkylation sites (N-methyl/N-ethyl adjacent to an activating group) is 1. The van der Waals surface area contributed by atoms with Crippen molar-refractivity contribution in [2.75, 3.05) is 33.2 Å². The van der Waals surface area contributed by atoms with E-state index in [0.717, 1.165) is 37.6 Å². The van der Waals surface area contributed by atoms with Crippen molar-refractivity contribution in [1.82, 2.24) is 9.80 Å². The minimum Gasteiger partial charge on any atom is -0.478 e. The molecule has 8 heteroatoms. The fraction of sp³-hybridized carbons (Fsp3) is 0.304. The van der Waals surface area contributed by atoms with Crippen LogP contribution in [0.1, 0.15) is 17.2 Å². The zero-order valence-corrected chi connectivity index (χ0v) is 19.7. The average molecular weight is 508 g/mol. The number of carboxylic acids is 2. The maximum atomic E-state index is 9.55. The first kappa shape index (κ1) is 23.5. The van der Waals surface area contributed by atoms with Crippen molar-refractivity contribution in [2.24, 2.45) is 0 Å². The molecular formula is C23H25ClN2O4Se. The summed E-state index contributed by atoms with van der Waals surface area (Å²) in [5.41, 5.74) is 2.97. The normalized spacial score (nSPS) is 19.0. The Balaban J connectivity index is 0.000000293. The minimum atomic E-state index is -1.26. The van der Waals surface area contributed by atoms with Crippen LogP contribution in [0.15, 0.2) is 54.6 Å². The molecule has 2 aliphatic heterocycles. The summed E-state index contributed by atoms with van der Waals surface area (Å²) < 4.78 is 3.02. The summed E-state index contributed by atoms with van der Waals surface area (Å²) in [5, 5.41) is 16.5. The summed E-state index contributed by atoms with van der Waals surface area (Å²) in [6, 6.07) is 16.0. The number of halogens is 1. The van der Waals surface area contributed by atoms with Crippen LogP contribution in [0, 0.1) is 0 Å². The Morgan fingerprint density at radius 2 is 1.65 bits per heavy atom. The van der Waals surface area contributed by atoms with Gasteiger partial charge in [-0.2, -0.15) is 0 Å². The molecule has 0 aliphatic carbocycles. The third kappa shape index (κ3) is 6.66. The van der Waals surface area contributed by atoms with Crippen molar-refractivity contribution in [3.63, 3.8) is 0 Å². The molecule has 1 unspecified atom stereocenters. The quantitative estimate of drug-likeness (QED) is 0.485. The van der Waals surface area contributed by atoms with Crippen molar-refractivity contribution >= 4 is 47.4 Å². The van der Waals surface area contributed by atoms with Crippen LogP contribution in [-0.2, 0) is 16.0 Å². The second-order valence-electron chi connectivity index (χ2n) is 7.46. The van der Waals surface area contributed by atoms with Gasteiger partial charge in [-0.3, -0.25) is 0 Å². The molecule has 1 saturated heterocycles. The van der Waals surface area contributed by atoms with Gasteiger partial charge in [0.05, 0.1) is 0 Å². The molecule has 2 N–H and O–H groups in total. The van der Waals surface area contributed by atoms with Crippen LogP contribution in [0.2, 0.25) is 5.02 Å². The maximum absolute atomic E-state index is 9.55. The molecule has 0 bridgehead atoms. The van der Waals surface area contributed by atoms with Gasteiger partial charge in [0.1, 0.15) is 0 Å². The molecule has 2 heterocycles. The summed E-state index contributed by atoms with van der Waals surface area (Å²) in [6.07, 6.45) is 2.22. The number of rotatable bonds is 3. The number of piperazine rings is 1.